The lowest BCUT2D eigenvalue weighted by atomic mass is 10.2. The minimum Gasteiger partial charge on any atom is -0.482 e. The van der Waals surface area contributed by atoms with E-state index >= 15 is 0 Å². The van der Waals surface area contributed by atoms with E-state index < -0.39 is 10.0 Å². The number of ether oxygens (including phenoxy) is 1. The van der Waals surface area contributed by atoms with Crippen LogP contribution in [0.4, 0.5) is 11.4 Å². The van der Waals surface area contributed by atoms with Gasteiger partial charge in [0.1, 0.15) is 5.75 Å². The fraction of sp³-hybridized carbons (Fsp3) is 0.0714. The molecule has 2 aromatic rings. The summed E-state index contributed by atoms with van der Waals surface area (Å²) in [5.41, 5.74) is 0.778. The predicted octanol–water partition coefficient (Wildman–Crippen LogP) is 2.58. The summed E-state index contributed by atoms with van der Waals surface area (Å²) in [6.07, 6.45) is 0. The van der Waals surface area contributed by atoms with E-state index in [0.717, 1.165) is 4.47 Å². The molecule has 1 heterocycles. The molecule has 0 aromatic heterocycles. The van der Waals surface area contributed by atoms with Crippen LogP contribution in [0.15, 0.2) is 51.8 Å². The highest BCUT2D eigenvalue weighted by molar-refractivity contribution is 9.10. The number of sulfonamides is 1. The molecule has 2 aromatic carbocycles. The summed E-state index contributed by atoms with van der Waals surface area (Å²) in [6.45, 7) is -0.0740. The lowest BCUT2D eigenvalue weighted by Gasteiger charge is -2.18. The van der Waals surface area contributed by atoms with Crippen molar-refractivity contribution >= 4 is 43.2 Å². The lowest BCUT2D eigenvalue weighted by Crippen LogP contribution is -2.25. The molecule has 0 saturated carbocycles. The third kappa shape index (κ3) is 3.07. The SMILES string of the molecule is O=C1COc2ccc(S(=O)(=O)Nc3cccc(Br)c3)cc2N1. The molecule has 0 aliphatic carbocycles. The smallest absolute Gasteiger partial charge is 0.262 e. The number of hydrogen-bond acceptors (Lipinski definition) is 4. The third-order valence-electron chi connectivity index (χ3n) is 2.97. The van der Waals surface area contributed by atoms with Gasteiger partial charge in [0.2, 0.25) is 0 Å². The van der Waals surface area contributed by atoms with Crippen molar-refractivity contribution in [2.24, 2.45) is 0 Å². The van der Waals surface area contributed by atoms with Gasteiger partial charge in [-0.3, -0.25) is 9.52 Å². The zero-order chi connectivity index (χ0) is 15.7. The molecule has 22 heavy (non-hydrogen) atoms. The summed E-state index contributed by atoms with van der Waals surface area (Å²) in [4.78, 5) is 11.3. The quantitative estimate of drug-likeness (QED) is 0.854. The fourth-order valence-electron chi connectivity index (χ4n) is 2.00. The molecule has 1 aliphatic rings. The third-order valence-corrected chi connectivity index (χ3v) is 4.84. The van der Waals surface area contributed by atoms with Crippen LogP contribution in [0.2, 0.25) is 0 Å². The number of anilines is 2. The Labute approximate surface area is 135 Å². The Morgan fingerprint density at radius 1 is 1.18 bits per heavy atom. The molecular weight excluding hydrogens is 372 g/mol. The molecule has 0 unspecified atom stereocenters. The van der Waals surface area contributed by atoms with Crippen LogP contribution >= 0.6 is 15.9 Å². The first kappa shape index (κ1) is 14.9. The van der Waals surface area contributed by atoms with E-state index in [1.54, 1.807) is 24.3 Å². The molecule has 0 saturated heterocycles. The number of rotatable bonds is 3. The van der Waals surface area contributed by atoms with Gasteiger partial charge >= 0.3 is 0 Å². The number of carbonyl (C=O) groups is 1. The zero-order valence-electron chi connectivity index (χ0n) is 11.2. The lowest BCUT2D eigenvalue weighted by molar-refractivity contribution is -0.118. The molecule has 114 valence electrons. The molecule has 1 aliphatic heterocycles. The molecular formula is C14H11BrN2O4S. The highest BCUT2D eigenvalue weighted by Crippen LogP contribution is 2.30. The van der Waals surface area contributed by atoms with Gasteiger partial charge in [0.15, 0.2) is 6.61 Å². The van der Waals surface area contributed by atoms with E-state index in [-0.39, 0.29) is 17.4 Å². The van der Waals surface area contributed by atoms with Crippen molar-refractivity contribution in [1.29, 1.82) is 0 Å². The number of hydrogen-bond donors (Lipinski definition) is 2. The first-order chi connectivity index (χ1) is 10.4. The van der Waals surface area contributed by atoms with E-state index in [4.69, 9.17) is 4.74 Å². The van der Waals surface area contributed by atoms with Crippen molar-refractivity contribution in [1.82, 2.24) is 0 Å². The molecule has 3 rings (SSSR count). The Balaban J connectivity index is 1.92. The highest BCUT2D eigenvalue weighted by atomic mass is 79.9. The summed E-state index contributed by atoms with van der Waals surface area (Å²) in [5, 5.41) is 2.58. The Hall–Kier alpha value is -2.06. The molecule has 6 nitrogen and oxygen atoms in total. The van der Waals surface area contributed by atoms with Gasteiger partial charge in [0, 0.05) is 10.2 Å². The van der Waals surface area contributed by atoms with Crippen LogP contribution in [0.1, 0.15) is 0 Å². The number of amides is 1. The summed E-state index contributed by atoms with van der Waals surface area (Å²) >= 11 is 3.28. The molecule has 0 spiro atoms. The van der Waals surface area contributed by atoms with Gasteiger partial charge in [0.25, 0.3) is 15.9 Å². The van der Waals surface area contributed by atoms with Crippen molar-refractivity contribution in [3.05, 3.63) is 46.9 Å². The van der Waals surface area contributed by atoms with Gasteiger partial charge in [-0.15, -0.1) is 0 Å². The van der Waals surface area contributed by atoms with Gasteiger partial charge in [-0.2, -0.15) is 0 Å². The minimum absolute atomic E-state index is 0.0389. The van der Waals surface area contributed by atoms with Crippen LogP contribution in [-0.2, 0) is 14.8 Å². The molecule has 0 fully saturated rings. The van der Waals surface area contributed by atoms with Gasteiger partial charge in [-0.1, -0.05) is 22.0 Å². The minimum atomic E-state index is -3.76. The monoisotopic (exact) mass is 382 g/mol. The molecule has 0 atom stereocenters. The molecule has 1 amide bonds. The van der Waals surface area contributed by atoms with Crippen LogP contribution in [0, 0.1) is 0 Å². The molecule has 0 bridgehead atoms. The summed E-state index contributed by atoms with van der Waals surface area (Å²) in [6, 6.07) is 11.1. The second-order valence-corrected chi connectivity index (χ2v) is 7.21. The number of nitrogens with one attached hydrogen (secondary N) is 2. The average Bonchev–Trinajstić information content (AvgIpc) is 2.46. The second kappa shape index (κ2) is 5.62. The Bertz CT molecular complexity index is 852. The maximum absolute atomic E-state index is 12.4. The molecule has 0 radical (unpaired) electrons. The van der Waals surface area contributed by atoms with E-state index in [2.05, 4.69) is 26.0 Å². The topological polar surface area (TPSA) is 84.5 Å². The van der Waals surface area contributed by atoms with E-state index in [1.807, 2.05) is 0 Å². The number of benzene rings is 2. The highest BCUT2D eigenvalue weighted by Gasteiger charge is 2.21. The second-order valence-electron chi connectivity index (χ2n) is 4.61. The standard InChI is InChI=1S/C14H11BrN2O4S/c15-9-2-1-3-10(6-9)17-22(19,20)11-4-5-13-12(7-11)16-14(18)8-21-13/h1-7,17H,8H2,(H,16,18). The number of fused-ring (bicyclic) bond motifs is 1. The van der Waals surface area contributed by atoms with Crippen LogP contribution in [0.25, 0.3) is 0 Å². The van der Waals surface area contributed by atoms with Crippen LogP contribution in [0.5, 0.6) is 5.75 Å². The fourth-order valence-corrected chi connectivity index (χ4v) is 3.47. The molecule has 8 heteroatoms. The number of carbonyl (C=O) groups excluding carboxylic acids is 1. The van der Waals surface area contributed by atoms with Gasteiger partial charge in [-0.25, -0.2) is 8.42 Å². The maximum atomic E-state index is 12.4. The summed E-state index contributed by atoms with van der Waals surface area (Å²) < 4.78 is 33.2. The van der Waals surface area contributed by atoms with Crippen LogP contribution in [0.3, 0.4) is 0 Å². The Morgan fingerprint density at radius 2 is 2.00 bits per heavy atom. The van der Waals surface area contributed by atoms with Crippen molar-refractivity contribution in [3.8, 4) is 5.75 Å². The summed E-state index contributed by atoms with van der Waals surface area (Å²) in [7, 11) is -3.76. The van der Waals surface area contributed by atoms with E-state index in [9.17, 15) is 13.2 Å². The van der Waals surface area contributed by atoms with Gasteiger partial charge < -0.3 is 10.1 Å². The number of halogens is 1. The first-order valence-electron chi connectivity index (χ1n) is 6.29. The zero-order valence-corrected chi connectivity index (χ0v) is 13.6. The predicted molar refractivity (Wildman–Crippen MR) is 85.5 cm³/mol. The van der Waals surface area contributed by atoms with Crippen molar-refractivity contribution < 1.29 is 17.9 Å². The largest absolute Gasteiger partial charge is 0.482 e. The first-order valence-corrected chi connectivity index (χ1v) is 8.57. The van der Waals surface area contributed by atoms with Crippen molar-refractivity contribution in [2.45, 2.75) is 4.90 Å². The van der Waals surface area contributed by atoms with Gasteiger partial charge in [0.05, 0.1) is 10.6 Å². The van der Waals surface area contributed by atoms with Crippen LogP contribution < -0.4 is 14.8 Å². The van der Waals surface area contributed by atoms with Crippen LogP contribution in [-0.4, -0.2) is 20.9 Å². The average molecular weight is 383 g/mol. The normalized spacial score (nSPS) is 13.8. The summed E-state index contributed by atoms with van der Waals surface area (Å²) in [5.74, 6) is 0.128. The Morgan fingerprint density at radius 3 is 2.77 bits per heavy atom. The molecule has 2 N–H and O–H groups in total. The van der Waals surface area contributed by atoms with E-state index in [0.29, 0.717) is 17.1 Å². The Kier molecular flexibility index (Phi) is 3.79. The van der Waals surface area contributed by atoms with Crippen molar-refractivity contribution in [3.63, 3.8) is 0 Å². The van der Waals surface area contributed by atoms with Crippen molar-refractivity contribution in [2.75, 3.05) is 16.6 Å². The maximum Gasteiger partial charge on any atom is 0.262 e. The van der Waals surface area contributed by atoms with Gasteiger partial charge in [-0.05, 0) is 36.4 Å². The van der Waals surface area contributed by atoms with E-state index in [1.165, 1.54) is 18.2 Å².